The molecule has 0 aromatic heterocycles. The molecule has 0 saturated carbocycles. The number of hydrogen-bond acceptors (Lipinski definition) is 3. The van der Waals surface area contributed by atoms with Crippen molar-refractivity contribution in [2.75, 3.05) is 7.11 Å². The Kier molecular flexibility index (Phi) is 5.43. The Morgan fingerprint density at radius 1 is 1.67 bits per heavy atom. The smallest absolute Gasteiger partial charge is 0.373 e. The number of methoxy groups -OCH3 is 1. The normalized spacial score (nSPS) is 22.4. The van der Waals surface area contributed by atoms with Gasteiger partial charge in [0.15, 0.2) is 5.76 Å². The van der Waals surface area contributed by atoms with E-state index < -0.39 is 0 Å². The highest BCUT2D eigenvalue weighted by Crippen LogP contribution is 2.22. The fraction of sp³-hybridized carbons (Fsp3) is 0.400. The van der Waals surface area contributed by atoms with E-state index in [1.165, 1.54) is 7.11 Å². The fourth-order valence-corrected chi connectivity index (χ4v) is 1.84. The third kappa shape index (κ3) is 3.91. The number of carbonyl (C=O) groups is 1. The molecule has 1 heterocycles. The number of rotatable bonds is 5. The molecule has 0 N–H and O–H groups in total. The highest BCUT2D eigenvalue weighted by Gasteiger charge is 2.26. The van der Waals surface area contributed by atoms with Crippen LogP contribution in [-0.2, 0) is 14.3 Å². The highest BCUT2D eigenvalue weighted by molar-refractivity contribution is 5.87. The van der Waals surface area contributed by atoms with Gasteiger partial charge in [-0.05, 0) is 13.0 Å². The molecule has 1 aliphatic rings. The standard InChI is InChI=1S/C15H20O3/c1-5-6-7-11(2)10-12(3)13-8-9-14(17-4)15(16)18-13/h5-7,9-10,12-13H,1,8H2,2-4H3/b7-6+,11-10+/t12-,13-/m0/s1. The van der Waals surface area contributed by atoms with Gasteiger partial charge >= 0.3 is 5.97 Å². The Hall–Kier alpha value is -1.77. The zero-order chi connectivity index (χ0) is 13.5. The lowest BCUT2D eigenvalue weighted by Crippen LogP contribution is -2.29. The number of carbonyl (C=O) groups excluding carboxylic acids is 1. The highest BCUT2D eigenvalue weighted by atomic mass is 16.6. The second-order valence-corrected chi connectivity index (χ2v) is 4.32. The molecule has 1 aliphatic heterocycles. The number of allylic oxidation sites excluding steroid dienone is 4. The summed E-state index contributed by atoms with van der Waals surface area (Å²) in [5, 5.41) is 0. The maximum atomic E-state index is 11.5. The van der Waals surface area contributed by atoms with Gasteiger partial charge in [-0.15, -0.1) is 0 Å². The van der Waals surface area contributed by atoms with Crippen LogP contribution in [0, 0.1) is 5.92 Å². The van der Waals surface area contributed by atoms with Crippen LogP contribution in [0.5, 0.6) is 0 Å². The predicted octanol–water partition coefficient (Wildman–Crippen LogP) is 3.16. The molecular weight excluding hydrogens is 228 g/mol. The van der Waals surface area contributed by atoms with Crippen LogP contribution in [0.1, 0.15) is 20.3 Å². The predicted molar refractivity (Wildman–Crippen MR) is 71.8 cm³/mol. The van der Waals surface area contributed by atoms with Crippen LogP contribution in [0.15, 0.2) is 48.3 Å². The molecule has 0 unspecified atom stereocenters. The van der Waals surface area contributed by atoms with Crippen LogP contribution in [0.3, 0.4) is 0 Å². The van der Waals surface area contributed by atoms with Crippen molar-refractivity contribution in [3.63, 3.8) is 0 Å². The van der Waals surface area contributed by atoms with Crippen LogP contribution >= 0.6 is 0 Å². The van der Waals surface area contributed by atoms with Crippen molar-refractivity contribution >= 4 is 5.97 Å². The summed E-state index contributed by atoms with van der Waals surface area (Å²) in [6, 6.07) is 0. The molecule has 0 fully saturated rings. The lowest BCUT2D eigenvalue weighted by Gasteiger charge is -2.25. The van der Waals surface area contributed by atoms with Crippen molar-refractivity contribution < 1.29 is 14.3 Å². The average Bonchev–Trinajstić information content (AvgIpc) is 2.36. The minimum atomic E-state index is -0.381. The summed E-state index contributed by atoms with van der Waals surface area (Å²) >= 11 is 0. The maximum absolute atomic E-state index is 11.5. The summed E-state index contributed by atoms with van der Waals surface area (Å²) in [6.45, 7) is 7.67. The van der Waals surface area contributed by atoms with E-state index in [1.807, 2.05) is 26.0 Å². The minimum Gasteiger partial charge on any atom is -0.490 e. The van der Waals surface area contributed by atoms with Gasteiger partial charge in [-0.1, -0.05) is 43.4 Å². The first-order valence-corrected chi connectivity index (χ1v) is 6.01. The second-order valence-electron chi connectivity index (χ2n) is 4.32. The minimum absolute atomic E-state index is 0.122. The molecule has 98 valence electrons. The van der Waals surface area contributed by atoms with Crippen LogP contribution in [-0.4, -0.2) is 19.2 Å². The van der Waals surface area contributed by atoms with E-state index in [2.05, 4.69) is 12.7 Å². The Morgan fingerprint density at radius 3 is 2.94 bits per heavy atom. The van der Waals surface area contributed by atoms with E-state index in [0.29, 0.717) is 12.2 Å². The third-order valence-electron chi connectivity index (χ3n) is 2.82. The van der Waals surface area contributed by atoms with Crippen LogP contribution in [0.4, 0.5) is 0 Å². The molecule has 0 bridgehead atoms. The lowest BCUT2D eigenvalue weighted by atomic mass is 9.97. The van der Waals surface area contributed by atoms with E-state index in [1.54, 1.807) is 12.2 Å². The van der Waals surface area contributed by atoms with Crippen molar-refractivity contribution in [3.8, 4) is 0 Å². The lowest BCUT2D eigenvalue weighted by molar-refractivity contribution is -0.151. The number of esters is 1. The quantitative estimate of drug-likeness (QED) is 0.554. The number of cyclic esters (lactones) is 1. The van der Waals surface area contributed by atoms with Gasteiger partial charge in [-0.3, -0.25) is 0 Å². The van der Waals surface area contributed by atoms with Crippen molar-refractivity contribution in [2.24, 2.45) is 5.92 Å². The van der Waals surface area contributed by atoms with Crippen molar-refractivity contribution in [3.05, 3.63) is 48.3 Å². The van der Waals surface area contributed by atoms with Gasteiger partial charge in [0.25, 0.3) is 0 Å². The Labute approximate surface area is 108 Å². The number of hydrogen-bond donors (Lipinski definition) is 0. The topological polar surface area (TPSA) is 35.5 Å². The molecule has 0 radical (unpaired) electrons. The summed E-state index contributed by atoms with van der Waals surface area (Å²) in [7, 11) is 1.47. The zero-order valence-electron chi connectivity index (χ0n) is 11.2. The molecule has 0 aromatic carbocycles. The van der Waals surface area contributed by atoms with Crippen molar-refractivity contribution in [1.82, 2.24) is 0 Å². The second kappa shape index (κ2) is 6.84. The molecule has 0 aliphatic carbocycles. The molecule has 0 aromatic rings. The molecule has 2 atom stereocenters. The summed E-state index contributed by atoms with van der Waals surface area (Å²) in [4.78, 5) is 11.5. The van der Waals surface area contributed by atoms with Crippen molar-refractivity contribution in [1.29, 1.82) is 0 Å². The van der Waals surface area contributed by atoms with Crippen LogP contribution in [0.2, 0.25) is 0 Å². The Morgan fingerprint density at radius 2 is 2.39 bits per heavy atom. The first kappa shape index (κ1) is 14.3. The Balaban J connectivity index is 2.67. The van der Waals surface area contributed by atoms with Gasteiger partial charge in [0.2, 0.25) is 0 Å². The van der Waals surface area contributed by atoms with Crippen molar-refractivity contribution in [2.45, 2.75) is 26.4 Å². The van der Waals surface area contributed by atoms with Gasteiger partial charge in [0.1, 0.15) is 6.10 Å². The fourth-order valence-electron chi connectivity index (χ4n) is 1.84. The first-order chi connectivity index (χ1) is 8.58. The summed E-state index contributed by atoms with van der Waals surface area (Å²) in [6.07, 6.45) is 10.0. The third-order valence-corrected chi connectivity index (χ3v) is 2.82. The molecule has 0 spiro atoms. The SMILES string of the molecule is C=C/C=C/C(C)=C/[C@H](C)[C@@H]1CC=C(OC)C(=O)O1. The van der Waals surface area contributed by atoms with E-state index in [9.17, 15) is 4.79 Å². The summed E-state index contributed by atoms with van der Waals surface area (Å²) in [5.74, 6) is 0.0806. The van der Waals surface area contributed by atoms with Gasteiger partial charge < -0.3 is 9.47 Å². The summed E-state index contributed by atoms with van der Waals surface area (Å²) in [5.41, 5.74) is 1.12. The molecule has 3 heteroatoms. The van der Waals surface area contributed by atoms with Crippen LogP contribution < -0.4 is 0 Å². The molecule has 0 saturated heterocycles. The molecule has 3 nitrogen and oxygen atoms in total. The van der Waals surface area contributed by atoms with Gasteiger partial charge in [-0.2, -0.15) is 0 Å². The van der Waals surface area contributed by atoms with Gasteiger partial charge in [-0.25, -0.2) is 4.79 Å². The van der Waals surface area contributed by atoms with Gasteiger partial charge in [0, 0.05) is 12.3 Å². The number of ether oxygens (including phenoxy) is 2. The van der Waals surface area contributed by atoms with E-state index in [-0.39, 0.29) is 18.0 Å². The Bertz CT molecular complexity index is 402. The molecular formula is C15H20O3. The molecule has 1 rings (SSSR count). The average molecular weight is 248 g/mol. The molecule has 0 amide bonds. The summed E-state index contributed by atoms with van der Waals surface area (Å²) < 4.78 is 10.3. The molecule has 18 heavy (non-hydrogen) atoms. The maximum Gasteiger partial charge on any atom is 0.373 e. The van der Waals surface area contributed by atoms with Crippen LogP contribution in [0.25, 0.3) is 0 Å². The van der Waals surface area contributed by atoms with E-state index >= 15 is 0 Å². The zero-order valence-corrected chi connectivity index (χ0v) is 11.2. The van der Waals surface area contributed by atoms with E-state index in [0.717, 1.165) is 5.57 Å². The largest absolute Gasteiger partial charge is 0.490 e. The van der Waals surface area contributed by atoms with Gasteiger partial charge in [0.05, 0.1) is 7.11 Å². The first-order valence-electron chi connectivity index (χ1n) is 6.01. The monoisotopic (exact) mass is 248 g/mol. The van der Waals surface area contributed by atoms with E-state index in [4.69, 9.17) is 9.47 Å².